The zero-order valence-corrected chi connectivity index (χ0v) is 14.6. The molecule has 1 aliphatic heterocycles. The number of rotatable bonds is 6. The Morgan fingerprint density at radius 1 is 1.44 bits per heavy atom. The number of hydrogen-bond donors (Lipinski definition) is 3. The van der Waals surface area contributed by atoms with E-state index in [1.165, 1.54) is 4.80 Å². The van der Waals surface area contributed by atoms with Gasteiger partial charge in [-0.1, -0.05) is 18.5 Å². The second kappa shape index (κ2) is 7.90. The number of nitrogens with one attached hydrogen (secondary N) is 2. The number of β-amino-alcohol motifs (C(OH)–C–C–N with tert-alkyl or cyclic N) is 1. The summed E-state index contributed by atoms with van der Waals surface area (Å²) >= 11 is 5.88. The molecule has 3 N–H and O–H groups in total. The van der Waals surface area contributed by atoms with Crippen LogP contribution in [0.2, 0.25) is 5.02 Å². The summed E-state index contributed by atoms with van der Waals surface area (Å²) < 4.78 is 0. The fraction of sp³-hybridized carbons (Fsp3) is 0.500. The number of aromatic nitrogens is 4. The van der Waals surface area contributed by atoms with Gasteiger partial charge in [0.1, 0.15) is 0 Å². The highest BCUT2D eigenvalue weighted by molar-refractivity contribution is 6.30. The van der Waals surface area contributed by atoms with Gasteiger partial charge in [0.15, 0.2) is 6.04 Å². The van der Waals surface area contributed by atoms with Crippen molar-refractivity contribution in [3.8, 4) is 11.4 Å². The fourth-order valence-electron chi connectivity index (χ4n) is 2.80. The maximum atomic E-state index is 12.5. The zero-order valence-electron chi connectivity index (χ0n) is 13.9. The Labute approximate surface area is 150 Å². The highest BCUT2D eigenvalue weighted by Gasteiger charge is 2.27. The molecule has 0 saturated carbocycles. The van der Waals surface area contributed by atoms with Crippen LogP contribution < -0.4 is 10.6 Å². The van der Waals surface area contributed by atoms with Crippen LogP contribution in [-0.4, -0.2) is 57.0 Å². The van der Waals surface area contributed by atoms with Crippen LogP contribution in [0.25, 0.3) is 11.4 Å². The minimum atomic E-state index is -0.542. The number of carbonyl (C=O) groups excluding carboxylic acids is 1. The third-order valence-corrected chi connectivity index (χ3v) is 4.59. The van der Waals surface area contributed by atoms with E-state index in [0.717, 1.165) is 5.56 Å². The first kappa shape index (κ1) is 17.8. The van der Waals surface area contributed by atoms with Crippen LogP contribution in [0.1, 0.15) is 19.4 Å². The van der Waals surface area contributed by atoms with E-state index in [1.807, 2.05) is 6.92 Å². The average Bonchev–Trinajstić information content (AvgIpc) is 3.24. The Kier molecular flexibility index (Phi) is 5.62. The van der Waals surface area contributed by atoms with Gasteiger partial charge in [-0.3, -0.25) is 4.79 Å². The summed E-state index contributed by atoms with van der Waals surface area (Å²) in [7, 11) is 0. The molecule has 3 rings (SSSR count). The second-order valence-corrected chi connectivity index (χ2v) is 6.53. The maximum absolute atomic E-state index is 12.5. The van der Waals surface area contributed by atoms with Crippen molar-refractivity contribution >= 4 is 17.5 Å². The van der Waals surface area contributed by atoms with Gasteiger partial charge < -0.3 is 15.7 Å². The van der Waals surface area contributed by atoms with E-state index in [0.29, 0.717) is 36.9 Å². The molecule has 8 nitrogen and oxygen atoms in total. The zero-order chi connectivity index (χ0) is 17.8. The lowest BCUT2D eigenvalue weighted by Gasteiger charge is -2.17. The van der Waals surface area contributed by atoms with Crippen molar-refractivity contribution in [2.24, 2.45) is 5.92 Å². The number of halogens is 1. The maximum Gasteiger partial charge on any atom is 0.246 e. The van der Waals surface area contributed by atoms with Gasteiger partial charge >= 0.3 is 0 Å². The van der Waals surface area contributed by atoms with Gasteiger partial charge in [-0.25, -0.2) is 0 Å². The van der Waals surface area contributed by atoms with Crippen LogP contribution in [0.3, 0.4) is 0 Å². The molecular weight excluding hydrogens is 344 g/mol. The highest BCUT2D eigenvalue weighted by Crippen LogP contribution is 2.18. The molecule has 2 heterocycles. The molecule has 1 amide bonds. The molecule has 0 spiro atoms. The van der Waals surface area contributed by atoms with Crippen molar-refractivity contribution in [1.29, 1.82) is 0 Å². The molecule has 1 fully saturated rings. The molecule has 9 heteroatoms. The van der Waals surface area contributed by atoms with Crippen LogP contribution in [-0.2, 0) is 4.79 Å². The van der Waals surface area contributed by atoms with Gasteiger partial charge in [-0.15, -0.1) is 10.2 Å². The van der Waals surface area contributed by atoms with Crippen LogP contribution in [0, 0.1) is 5.92 Å². The lowest BCUT2D eigenvalue weighted by atomic mass is 10.1. The van der Waals surface area contributed by atoms with Gasteiger partial charge in [0.25, 0.3) is 0 Å². The molecule has 2 aromatic rings. The van der Waals surface area contributed by atoms with Gasteiger partial charge in [-0.2, -0.15) is 4.80 Å². The highest BCUT2D eigenvalue weighted by atomic mass is 35.5. The summed E-state index contributed by atoms with van der Waals surface area (Å²) in [5, 5.41) is 28.8. The van der Waals surface area contributed by atoms with Crippen molar-refractivity contribution in [1.82, 2.24) is 30.8 Å². The smallest absolute Gasteiger partial charge is 0.246 e. The fourth-order valence-corrected chi connectivity index (χ4v) is 2.93. The average molecular weight is 365 g/mol. The lowest BCUT2D eigenvalue weighted by molar-refractivity contribution is -0.125. The van der Waals surface area contributed by atoms with E-state index < -0.39 is 12.1 Å². The van der Waals surface area contributed by atoms with Crippen molar-refractivity contribution in [2.75, 3.05) is 19.6 Å². The van der Waals surface area contributed by atoms with Gasteiger partial charge in [0.05, 0.1) is 6.10 Å². The van der Waals surface area contributed by atoms with Crippen molar-refractivity contribution in [3.05, 3.63) is 29.3 Å². The predicted octanol–water partition coefficient (Wildman–Crippen LogP) is 0.641. The number of carbonyl (C=O) groups is 1. The predicted molar refractivity (Wildman–Crippen MR) is 93.0 cm³/mol. The second-order valence-electron chi connectivity index (χ2n) is 6.10. The number of amides is 1. The standard InChI is InChI=1S/C16H21ClN6O2/c1-2-13(16(25)19-8-11-7-18-9-14(11)24)23-21-15(20-22-23)10-3-5-12(17)6-4-10/h3-6,11,13-14,18,24H,2,7-9H2,1H3,(H,19,25). The number of tetrazole rings is 1. The molecule has 1 aliphatic rings. The molecule has 25 heavy (non-hydrogen) atoms. The molecule has 3 unspecified atom stereocenters. The van der Waals surface area contributed by atoms with E-state index in [1.54, 1.807) is 24.3 Å². The van der Waals surface area contributed by atoms with Crippen LogP contribution in [0.4, 0.5) is 0 Å². The van der Waals surface area contributed by atoms with Crippen LogP contribution in [0.5, 0.6) is 0 Å². The third-order valence-electron chi connectivity index (χ3n) is 4.34. The summed E-state index contributed by atoms with van der Waals surface area (Å²) in [5.74, 6) is 0.287. The van der Waals surface area contributed by atoms with Crippen molar-refractivity contribution in [3.63, 3.8) is 0 Å². The molecule has 1 aromatic heterocycles. The van der Waals surface area contributed by atoms with Gasteiger partial charge in [0, 0.05) is 36.1 Å². The molecule has 0 radical (unpaired) electrons. The molecule has 0 bridgehead atoms. The summed E-state index contributed by atoms with van der Waals surface area (Å²) in [5.41, 5.74) is 0.783. The van der Waals surface area contributed by atoms with Crippen molar-refractivity contribution < 1.29 is 9.90 Å². The Morgan fingerprint density at radius 3 is 2.84 bits per heavy atom. The topological polar surface area (TPSA) is 105 Å². The van der Waals surface area contributed by atoms with Gasteiger partial charge in [-0.05, 0) is 35.9 Å². The summed E-state index contributed by atoms with van der Waals surface area (Å²) in [6, 6.07) is 6.57. The van der Waals surface area contributed by atoms with E-state index in [-0.39, 0.29) is 11.8 Å². The Bertz CT molecular complexity index is 720. The minimum absolute atomic E-state index is 0.0230. The Balaban J connectivity index is 1.66. The molecule has 1 saturated heterocycles. The number of hydrogen-bond acceptors (Lipinski definition) is 6. The molecule has 3 atom stereocenters. The van der Waals surface area contributed by atoms with Gasteiger partial charge in [0.2, 0.25) is 11.7 Å². The number of aliphatic hydroxyl groups excluding tert-OH is 1. The first-order valence-corrected chi connectivity index (χ1v) is 8.68. The number of aliphatic hydroxyl groups is 1. The monoisotopic (exact) mass is 364 g/mol. The lowest BCUT2D eigenvalue weighted by Crippen LogP contribution is -2.39. The number of benzene rings is 1. The van der Waals surface area contributed by atoms with Crippen LogP contribution >= 0.6 is 11.6 Å². The molecule has 1 aromatic carbocycles. The minimum Gasteiger partial charge on any atom is -0.391 e. The summed E-state index contributed by atoms with van der Waals surface area (Å²) in [6.45, 7) is 3.57. The quantitative estimate of drug-likeness (QED) is 0.694. The van der Waals surface area contributed by atoms with Crippen LogP contribution in [0.15, 0.2) is 24.3 Å². The molecule has 0 aliphatic carbocycles. The Hall–Kier alpha value is -2.03. The van der Waals surface area contributed by atoms with Crippen molar-refractivity contribution in [2.45, 2.75) is 25.5 Å². The van der Waals surface area contributed by atoms with E-state index in [2.05, 4.69) is 26.0 Å². The largest absolute Gasteiger partial charge is 0.391 e. The summed E-state index contributed by atoms with van der Waals surface area (Å²) in [6.07, 6.45) is 0.106. The van der Waals surface area contributed by atoms with E-state index in [4.69, 9.17) is 11.6 Å². The molecular formula is C16H21ClN6O2. The SMILES string of the molecule is CCC(C(=O)NCC1CNCC1O)n1nnc(-c2ccc(Cl)cc2)n1. The number of nitrogens with zero attached hydrogens (tertiary/aromatic N) is 4. The Morgan fingerprint density at radius 2 is 2.20 bits per heavy atom. The van der Waals surface area contributed by atoms with E-state index >= 15 is 0 Å². The first-order valence-electron chi connectivity index (χ1n) is 8.30. The summed E-state index contributed by atoms with van der Waals surface area (Å²) in [4.78, 5) is 13.8. The first-order chi connectivity index (χ1) is 12.1. The molecule has 134 valence electrons. The van der Waals surface area contributed by atoms with E-state index in [9.17, 15) is 9.90 Å². The third kappa shape index (κ3) is 4.15. The normalized spacial score (nSPS) is 21.2.